The van der Waals surface area contributed by atoms with Crippen LogP contribution in [0.5, 0.6) is 0 Å². The molecule has 0 spiro atoms. The van der Waals surface area contributed by atoms with Gasteiger partial charge >= 0.3 is 0 Å². The third-order valence-corrected chi connectivity index (χ3v) is 2.31. The molecule has 0 aliphatic carbocycles. The van der Waals surface area contributed by atoms with Crippen LogP contribution >= 0.6 is 11.3 Å². The lowest BCUT2D eigenvalue weighted by Gasteiger charge is -1.93. The molecular weight excluding hydrogens is 144 g/mol. The Bertz CT molecular complexity index is 195. The van der Waals surface area contributed by atoms with Crippen LogP contribution in [0.2, 0.25) is 0 Å². The fraction of sp³-hybridized carbons (Fsp3) is 0.571. The Kier molecular flexibility index (Phi) is 2.68. The van der Waals surface area contributed by atoms with E-state index in [-0.39, 0.29) is 0 Å². The van der Waals surface area contributed by atoms with Crippen molar-refractivity contribution in [1.82, 2.24) is 4.98 Å². The lowest BCUT2D eigenvalue weighted by molar-refractivity contribution is 1.09. The fourth-order valence-electron chi connectivity index (χ4n) is 0.730. The van der Waals surface area contributed by atoms with Gasteiger partial charge in [0.1, 0.15) is 5.00 Å². The second kappa shape index (κ2) is 3.56. The van der Waals surface area contributed by atoms with E-state index in [4.69, 9.17) is 0 Å². The number of nitrogens with one attached hydrogen (secondary N) is 1. The molecule has 56 valence electrons. The summed E-state index contributed by atoms with van der Waals surface area (Å²) in [6.45, 7) is 5.19. The first-order valence-electron chi connectivity index (χ1n) is 3.55. The van der Waals surface area contributed by atoms with Crippen molar-refractivity contribution >= 4 is 16.3 Å². The lowest BCUT2D eigenvalue weighted by atomic mass is 10.5. The topological polar surface area (TPSA) is 24.9 Å². The van der Waals surface area contributed by atoms with Gasteiger partial charge in [0, 0.05) is 6.54 Å². The first kappa shape index (κ1) is 7.54. The van der Waals surface area contributed by atoms with Crippen LogP contribution in [0.1, 0.15) is 18.9 Å². The summed E-state index contributed by atoms with van der Waals surface area (Å²) in [6.07, 6.45) is 2.93. The zero-order chi connectivity index (χ0) is 7.40. The van der Waals surface area contributed by atoms with Crippen molar-refractivity contribution in [2.24, 2.45) is 0 Å². The van der Waals surface area contributed by atoms with Crippen LogP contribution in [0.15, 0.2) is 6.20 Å². The molecule has 0 saturated heterocycles. The molecule has 3 heteroatoms. The van der Waals surface area contributed by atoms with Gasteiger partial charge in [-0.25, -0.2) is 4.98 Å². The normalized spacial score (nSPS) is 9.80. The number of hydrogen-bond acceptors (Lipinski definition) is 3. The molecule has 2 nitrogen and oxygen atoms in total. The Balaban J connectivity index is 2.59. The Hall–Kier alpha value is -0.570. The van der Waals surface area contributed by atoms with Crippen LogP contribution in [0.4, 0.5) is 5.00 Å². The molecule has 0 amide bonds. The number of nitrogens with zero attached hydrogens (tertiary/aromatic N) is 1. The van der Waals surface area contributed by atoms with Crippen molar-refractivity contribution < 1.29 is 0 Å². The van der Waals surface area contributed by atoms with E-state index in [9.17, 15) is 0 Å². The van der Waals surface area contributed by atoms with Crippen LogP contribution in [-0.2, 0) is 6.42 Å². The zero-order valence-electron chi connectivity index (χ0n) is 6.35. The van der Waals surface area contributed by atoms with Gasteiger partial charge in [0.25, 0.3) is 0 Å². The number of aromatic nitrogens is 1. The third kappa shape index (κ3) is 1.70. The summed E-state index contributed by atoms with van der Waals surface area (Å²) in [5.41, 5.74) is 0. The standard InChI is InChI=1S/C7H12N2S/c1-3-6-9-5-7(10-6)8-4-2/h5,8H,3-4H2,1-2H3. The van der Waals surface area contributed by atoms with Gasteiger partial charge in [0.2, 0.25) is 0 Å². The SMILES string of the molecule is CCNc1cnc(CC)s1. The zero-order valence-corrected chi connectivity index (χ0v) is 7.16. The molecule has 0 unspecified atom stereocenters. The molecule has 1 N–H and O–H groups in total. The molecule has 1 aromatic rings. The van der Waals surface area contributed by atoms with Crippen LogP contribution in [-0.4, -0.2) is 11.5 Å². The van der Waals surface area contributed by atoms with Gasteiger partial charge in [0.05, 0.1) is 11.2 Å². The quantitative estimate of drug-likeness (QED) is 0.725. The van der Waals surface area contributed by atoms with E-state index < -0.39 is 0 Å². The molecule has 1 heterocycles. The summed E-state index contributed by atoms with van der Waals surface area (Å²) in [4.78, 5) is 4.21. The minimum absolute atomic E-state index is 0.978. The number of thiazole rings is 1. The van der Waals surface area contributed by atoms with E-state index in [1.807, 2.05) is 6.20 Å². The van der Waals surface area contributed by atoms with Crippen LogP contribution in [0, 0.1) is 0 Å². The van der Waals surface area contributed by atoms with Gasteiger partial charge in [-0.3, -0.25) is 0 Å². The maximum absolute atomic E-state index is 4.21. The summed E-state index contributed by atoms with van der Waals surface area (Å²) < 4.78 is 0. The van der Waals surface area contributed by atoms with E-state index in [1.54, 1.807) is 11.3 Å². The highest BCUT2D eigenvalue weighted by Crippen LogP contribution is 2.17. The van der Waals surface area contributed by atoms with Crippen LogP contribution < -0.4 is 5.32 Å². The Morgan fingerprint density at radius 1 is 1.60 bits per heavy atom. The van der Waals surface area contributed by atoms with Crippen molar-refractivity contribution in [1.29, 1.82) is 0 Å². The molecule has 1 rings (SSSR count). The van der Waals surface area contributed by atoms with Gasteiger partial charge in [0.15, 0.2) is 0 Å². The molecule has 1 aromatic heterocycles. The number of rotatable bonds is 3. The first-order valence-corrected chi connectivity index (χ1v) is 4.37. The highest BCUT2D eigenvalue weighted by molar-refractivity contribution is 7.15. The van der Waals surface area contributed by atoms with Gasteiger partial charge in [-0.05, 0) is 13.3 Å². The van der Waals surface area contributed by atoms with Gasteiger partial charge in [-0.2, -0.15) is 0 Å². The minimum Gasteiger partial charge on any atom is -0.376 e. The molecule has 0 saturated carbocycles. The third-order valence-electron chi connectivity index (χ3n) is 1.21. The van der Waals surface area contributed by atoms with Crippen molar-refractivity contribution in [3.63, 3.8) is 0 Å². The summed E-state index contributed by atoms with van der Waals surface area (Å²) in [6, 6.07) is 0. The van der Waals surface area contributed by atoms with Crippen LogP contribution in [0.3, 0.4) is 0 Å². The van der Waals surface area contributed by atoms with E-state index in [0.717, 1.165) is 13.0 Å². The van der Waals surface area contributed by atoms with E-state index >= 15 is 0 Å². The largest absolute Gasteiger partial charge is 0.376 e. The van der Waals surface area contributed by atoms with Gasteiger partial charge in [-0.1, -0.05) is 6.92 Å². The molecule has 0 aliphatic heterocycles. The lowest BCUT2D eigenvalue weighted by Crippen LogP contribution is -1.92. The van der Waals surface area contributed by atoms with Crippen molar-refractivity contribution in [3.05, 3.63) is 11.2 Å². The molecular formula is C7H12N2S. The maximum atomic E-state index is 4.21. The molecule has 0 aliphatic rings. The predicted molar refractivity (Wildman–Crippen MR) is 45.7 cm³/mol. The Morgan fingerprint density at radius 3 is 2.90 bits per heavy atom. The average molecular weight is 156 g/mol. The molecule has 0 aromatic carbocycles. The summed E-state index contributed by atoms with van der Waals surface area (Å²) in [5, 5.41) is 5.60. The van der Waals surface area contributed by atoms with Crippen molar-refractivity contribution in [2.45, 2.75) is 20.3 Å². The van der Waals surface area contributed by atoms with Gasteiger partial charge in [-0.15, -0.1) is 11.3 Å². The number of aryl methyl sites for hydroxylation is 1. The summed E-state index contributed by atoms with van der Waals surface area (Å²) in [7, 11) is 0. The molecule has 0 bridgehead atoms. The highest BCUT2D eigenvalue weighted by Gasteiger charge is 1.96. The smallest absolute Gasteiger partial charge is 0.109 e. The highest BCUT2D eigenvalue weighted by atomic mass is 32.1. The Labute approximate surface area is 65.3 Å². The monoisotopic (exact) mass is 156 g/mol. The first-order chi connectivity index (χ1) is 4.86. The molecule has 0 fully saturated rings. The van der Waals surface area contributed by atoms with E-state index in [2.05, 4.69) is 24.1 Å². The summed E-state index contributed by atoms with van der Waals surface area (Å²) in [5.74, 6) is 0. The van der Waals surface area contributed by atoms with Crippen LogP contribution in [0.25, 0.3) is 0 Å². The second-order valence-electron chi connectivity index (χ2n) is 2.00. The van der Waals surface area contributed by atoms with Gasteiger partial charge < -0.3 is 5.32 Å². The summed E-state index contributed by atoms with van der Waals surface area (Å²) >= 11 is 1.74. The average Bonchev–Trinajstić information content (AvgIpc) is 2.37. The molecule has 10 heavy (non-hydrogen) atoms. The predicted octanol–water partition coefficient (Wildman–Crippen LogP) is 2.14. The number of hydrogen-bond donors (Lipinski definition) is 1. The second-order valence-corrected chi connectivity index (χ2v) is 3.12. The fourth-order valence-corrected chi connectivity index (χ4v) is 1.56. The minimum atomic E-state index is 0.978. The van der Waals surface area contributed by atoms with Crippen molar-refractivity contribution in [2.75, 3.05) is 11.9 Å². The van der Waals surface area contributed by atoms with E-state index in [1.165, 1.54) is 10.0 Å². The molecule has 0 atom stereocenters. The molecule has 0 radical (unpaired) electrons. The maximum Gasteiger partial charge on any atom is 0.109 e. The number of anilines is 1. The van der Waals surface area contributed by atoms with Crippen molar-refractivity contribution in [3.8, 4) is 0 Å². The van der Waals surface area contributed by atoms with E-state index in [0.29, 0.717) is 0 Å². The Morgan fingerprint density at radius 2 is 2.40 bits per heavy atom.